The number of carbonyl (C=O) groups is 1. The number of aliphatic hydroxyl groups is 1. The highest BCUT2D eigenvalue weighted by atomic mass is 16.3. The molecule has 1 aliphatic rings. The Kier molecular flexibility index (Phi) is 7.39. The lowest BCUT2D eigenvalue weighted by atomic mass is 9.87. The SMILES string of the molecule is CC(C)C(CCN)CCC(=O)N(CCO)C1CCC1. The zero-order valence-electron chi connectivity index (χ0n) is 12.5. The molecule has 4 heteroatoms. The van der Waals surface area contributed by atoms with Crippen LogP contribution >= 0.6 is 0 Å². The van der Waals surface area contributed by atoms with Crippen LogP contribution in [0, 0.1) is 11.8 Å². The Bertz CT molecular complexity index is 265. The highest BCUT2D eigenvalue weighted by Crippen LogP contribution is 2.26. The highest BCUT2D eigenvalue weighted by Gasteiger charge is 2.28. The molecule has 0 aromatic heterocycles. The van der Waals surface area contributed by atoms with Gasteiger partial charge < -0.3 is 15.7 Å². The summed E-state index contributed by atoms with van der Waals surface area (Å²) in [4.78, 5) is 14.2. The molecule has 0 aromatic rings. The largest absolute Gasteiger partial charge is 0.395 e. The summed E-state index contributed by atoms with van der Waals surface area (Å²) < 4.78 is 0. The highest BCUT2D eigenvalue weighted by molar-refractivity contribution is 5.76. The lowest BCUT2D eigenvalue weighted by Crippen LogP contribution is -2.45. The number of rotatable bonds is 9. The predicted octanol–water partition coefficient (Wildman–Crippen LogP) is 1.76. The summed E-state index contributed by atoms with van der Waals surface area (Å²) in [5.41, 5.74) is 5.63. The molecule has 112 valence electrons. The van der Waals surface area contributed by atoms with E-state index in [1.807, 2.05) is 4.90 Å². The number of amides is 1. The van der Waals surface area contributed by atoms with Gasteiger partial charge in [-0.3, -0.25) is 4.79 Å². The summed E-state index contributed by atoms with van der Waals surface area (Å²) in [6.45, 7) is 5.65. The lowest BCUT2D eigenvalue weighted by molar-refractivity contribution is -0.136. The van der Waals surface area contributed by atoms with Crippen LogP contribution in [-0.4, -0.2) is 41.7 Å². The van der Waals surface area contributed by atoms with E-state index in [1.165, 1.54) is 6.42 Å². The molecule has 1 rings (SSSR count). The van der Waals surface area contributed by atoms with E-state index in [1.54, 1.807) is 0 Å². The second kappa shape index (κ2) is 8.54. The quantitative estimate of drug-likeness (QED) is 0.671. The monoisotopic (exact) mass is 270 g/mol. The first kappa shape index (κ1) is 16.4. The molecule has 0 radical (unpaired) electrons. The Labute approximate surface area is 117 Å². The summed E-state index contributed by atoms with van der Waals surface area (Å²) >= 11 is 0. The normalized spacial score (nSPS) is 17.3. The van der Waals surface area contributed by atoms with E-state index >= 15 is 0 Å². The molecule has 0 saturated heterocycles. The first-order valence-corrected chi connectivity index (χ1v) is 7.70. The Balaban J connectivity index is 2.41. The Morgan fingerprint density at radius 1 is 1.37 bits per heavy atom. The minimum atomic E-state index is 0.0681. The topological polar surface area (TPSA) is 66.6 Å². The van der Waals surface area contributed by atoms with Crippen molar-refractivity contribution in [2.24, 2.45) is 17.6 Å². The van der Waals surface area contributed by atoms with E-state index in [-0.39, 0.29) is 12.5 Å². The van der Waals surface area contributed by atoms with Gasteiger partial charge in [-0.05, 0) is 50.5 Å². The summed E-state index contributed by atoms with van der Waals surface area (Å²) in [7, 11) is 0. The molecule has 1 saturated carbocycles. The third kappa shape index (κ3) is 5.11. The maximum Gasteiger partial charge on any atom is 0.222 e. The maximum atomic E-state index is 12.3. The first-order valence-electron chi connectivity index (χ1n) is 7.70. The number of aliphatic hydroxyl groups excluding tert-OH is 1. The van der Waals surface area contributed by atoms with Crippen LogP contribution in [0.4, 0.5) is 0 Å². The summed E-state index contributed by atoms with van der Waals surface area (Å²) in [6.07, 6.45) is 5.92. The number of nitrogens with two attached hydrogens (primary N) is 1. The van der Waals surface area contributed by atoms with Gasteiger partial charge >= 0.3 is 0 Å². The number of hydrogen-bond acceptors (Lipinski definition) is 3. The minimum absolute atomic E-state index is 0.0681. The fourth-order valence-corrected chi connectivity index (χ4v) is 2.79. The maximum absolute atomic E-state index is 12.3. The van der Waals surface area contributed by atoms with Gasteiger partial charge in [0, 0.05) is 19.0 Å². The van der Waals surface area contributed by atoms with Crippen molar-refractivity contribution in [1.29, 1.82) is 0 Å². The fraction of sp³-hybridized carbons (Fsp3) is 0.933. The Hall–Kier alpha value is -0.610. The van der Waals surface area contributed by atoms with Crippen molar-refractivity contribution in [3.8, 4) is 0 Å². The molecule has 0 bridgehead atoms. The molecule has 1 unspecified atom stereocenters. The smallest absolute Gasteiger partial charge is 0.222 e. The van der Waals surface area contributed by atoms with E-state index in [4.69, 9.17) is 10.8 Å². The van der Waals surface area contributed by atoms with E-state index in [2.05, 4.69) is 13.8 Å². The van der Waals surface area contributed by atoms with Gasteiger partial charge in [-0.15, -0.1) is 0 Å². The summed E-state index contributed by atoms with van der Waals surface area (Å²) in [6, 6.07) is 0.381. The zero-order valence-corrected chi connectivity index (χ0v) is 12.5. The van der Waals surface area contributed by atoms with Crippen molar-refractivity contribution < 1.29 is 9.90 Å². The molecule has 1 atom stereocenters. The van der Waals surface area contributed by atoms with Gasteiger partial charge in [0.15, 0.2) is 0 Å². The average Bonchev–Trinajstić information content (AvgIpc) is 2.31. The molecule has 0 aromatic carbocycles. The van der Waals surface area contributed by atoms with E-state index in [9.17, 15) is 4.79 Å². The van der Waals surface area contributed by atoms with Crippen molar-refractivity contribution >= 4 is 5.91 Å². The van der Waals surface area contributed by atoms with Crippen LogP contribution < -0.4 is 5.73 Å². The van der Waals surface area contributed by atoms with E-state index in [0.29, 0.717) is 37.4 Å². The molecule has 1 aliphatic carbocycles. The Morgan fingerprint density at radius 3 is 2.47 bits per heavy atom. The molecule has 0 spiro atoms. The van der Waals surface area contributed by atoms with Crippen LogP contribution in [-0.2, 0) is 4.79 Å². The molecule has 0 heterocycles. The van der Waals surface area contributed by atoms with E-state index in [0.717, 1.165) is 25.7 Å². The van der Waals surface area contributed by atoms with Gasteiger partial charge in [-0.25, -0.2) is 0 Å². The number of hydrogen-bond donors (Lipinski definition) is 2. The molecular formula is C15H30N2O2. The molecule has 1 amide bonds. The first-order chi connectivity index (χ1) is 9.10. The minimum Gasteiger partial charge on any atom is -0.395 e. The molecule has 19 heavy (non-hydrogen) atoms. The predicted molar refractivity (Wildman–Crippen MR) is 77.7 cm³/mol. The van der Waals surface area contributed by atoms with Gasteiger partial charge in [-0.2, -0.15) is 0 Å². The summed E-state index contributed by atoms with van der Waals surface area (Å²) in [5, 5.41) is 9.09. The third-order valence-electron chi connectivity index (χ3n) is 4.39. The average molecular weight is 270 g/mol. The molecule has 1 fully saturated rings. The van der Waals surface area contributed by atoms with Gasteiger partial charge in [0.25, 0.3) is 0 Å². The standard InChI is InChI=1S/C15H30N2O2/c1-12(2)13(8-9-16)6-7-15(19)17(10-11-18)14-4-3-5-14/h12-14,18H,3-11,16H2,1-2H3. The van der Waals surface area contributed by atoms with E-state index < -0.39 is 0 Å². The summed E-state index contributed by atoms with van der Waals surface area (Å²) in [5.74, 6) is 1.32. The second-order valence-electron chi connectivity index (χ2n) is 6.02. The lowest BCUT2D eigenvalue weighted by Gasteiger charge is -2.37. The van der Waals surface area contributed by atoms with Crippen LogP contribution in [0.1, 0.15) is 52.4 Å². The Morgan fingerprint density at radius 2 is 2.05 bits per heavy atom. The van der Waals surface area contributed by atoms with Crippen molar-refractivity contribution in [3.63, 3.8) is 0 Å². The van der Waals surface area contributed by atoms with Crippen LogP contribution in [0.15, 0.2) is 0 Å². The van der Waals surface area contributed by atoms with Crippen molar-refractivity contribution in [2.45, 2.75) is 58.4 Å². The van der Waals surface area contributed by atoms with Crippen LogP contribution in [0.25, 0.3) is 0 Å². The second-order valence-corrected chi connectivity index (χ2v) is 6.02. The van der Waals surface area contributed by atoms with Crippen LogP contribution in [0.2, 0.25) is 0 Å². The molecule has 0 aliphatic heterocycles. The van der Waals surface area contributed by atoms with Crippen molar-refractivity contribution in [2.75, 3.05) is 19.7 Å². The molecule has 4 nitrogen and oxygen atoms in total. The number of carbonyl (C=O) groups excluding carboxylic acids is 1. The fourth-order valence-electron chi connectivity index (χ4n) is 2.79. The van der Waals surface area contributed by atoms with Crippen LogP contribution in [0.3, 0.4) is 0 Å². The van der Waals surface area contributed by atoms with Gasteiger partial charge in [0.2, 0.25) is 5.91 Å². The third-order valence-corrected chi connectivity index (χ3v) is 4.39. The molecular weight excluding hydrogens is 240 g/mol. The van der Waals surface area contributed by atoms with Crippen molar-refractivity contribution in [3.05, 3.63) is 0 Å². The number of nitrogens with zero attached hydrogens (tertiary/aromatic N) is 1. The molecule has 3 N–H and O–H groups in total. The van der Waals surface area contributed by atoms with Crippen molar-refractivity contribution in [1.82, 2.24) is 4.90 Å². The van der Waals surface area contributed by atoms with Gasteiger partial charge in [-0.1, -0.05) is 13.8 Å². The zero-order chi connectivity index (χ0) is 14.3. The van der Waals surface area contributed by atoms with Gasteiger partial charge in [0.1, 0.15) is 0 Å². The van der Waals surface area contributed by atoms with Gasteiger partial charge in [0.05, 0.1) is 6.61 Å². The van der Waals surface area contributed by atoms with Crippen LogP contribution in [0.5, 0.6) is 0 Å².